The van der Waals surface area contributed by atoms with Crippen molar-refractivity contribution < 1.29 is 13.9 Å². The van der Waals surface area contributed by atoms with Gasteiger partial charge in [0.05, 0.1) is 6.10 Å². The van der Waals surface area contributed by atoms with E-state index in [0.717, 1.165) is 37.9 Å². The third-order valence-electron chi connectivity index (χ3n) is 4.69. The first-order chi connectivity index (χ1) is 14.6. The highest BCUT2D eigenvalue weighted by Gasteiger charge is 2.07. The smallest absolute Gasteiger partial charge is 0.165 e. The molecule has 0 aliphatic heterocycles. The lowest BCUT2D eigenvalue weighted by Crippen LogP contribution is -2.08. The number of allylic oxidation sites excluding steroid dienone is 1. The minimum atomic E-state index is -0.415. The molecule has 0 radical (unpaired) electrons. The lowest BCUT2D eigenvalue weighted by atomic mass is 10.1. The summed E-state index contributed by atoms with van der Waals surface area (Å²) in [6.45, 7) is 9.03. The maximum Gasteiger partial charge on any atom is 0.165 e. The molecule has 2 rings (SSSR count). The molecule has 1 unspecified atom stereocenters. The van der Waals surface area contributed by atoms with E-state index in [4.69, 9.17) is 9.47 Å². The molecule has 0 N–H and O–H groups in total. The predicted octanol–water partition coefficient (Wildman–Crippen LogP) is 6.63. The van der Waals surface area contributed by atoms with E-state index in [1.54, 1.807) is 30.6 Å². The molecule has 162 valence electrons. The molecule has 30 heavy (non-hydrogen) atoms. The predicted molar refractivity (Wildman–Crippen MR) is 121 cm³/mol. The first kappa shape index (κ1) is 23.7. The van der Waals surface area contributed by atoms with Gasteiger partial charge in [0.15, 0.2) is 17.4 Å². The molecule has 1 atom stereocenters. The molecule has 0 fully saturated rings. The van der Waals surface area contributed by atoms with Gasteiger partial charge in [-0.25, -0.2) is 14.4 Å². The standard InChI is InChI=1S/C25H33FN2O2/c1-4-6-10-16-29-20(3)11-8-7-9-12-25-27-18-22(19-28-25)21-13-14-24(23(26)17-21)30-15-5-2/h5,9,12-14,17-20H,2,4,6-8,10-11,15-16H2,1,3H3. The van der Waals surface area contributed by atoms with Crippen LogP contribution in [0.1, 0.15) is 58.2 Å². The highest BCUT2D eigenvalue weighted by molar-refractivity contribution is 5.63. The zero-order valence-electron chi connectivity index (χ0n) is 18.1. The topological polar surface area (TPSA) is 44.2 Å². The third kappa shape index (κ3) is 8.46. The van der Waals surface area contributed by atoms with Crippen LogP contribution in [-0.2, 0) is 4.74 Å². The third-order valence-corrected chi connectivity index (χ3v) is 4.69. The van der Waals surface area contributed by atoms with Crippen LogP contribution in [0.15, 0.2) is 49.3 Å². The van der Waals surface area contributed by atoms with E-state index in [0.29, 0.717) is 17.5 Å². The van der Waals surface area contributed by atoms with Gasteiger partial charge in [0, 0.05) is 24.6 Å². The highest BCUT2D eigenvalue weighted by Crippen LogP contribution is 2.25. The summed E-state index contributed by atoms with van der Waals surface area (Å²) in [6, 6.07) is 4.83. The number of aromatic nitrogens is 2. The van der Waals surface area contributed by atoms with Gasteiger partial charge in [-0.1, -0.05) is 44.6 Å². The Morgan fingerprint density at radius 2 is 1.93 bits per heavy atom. The molecular formula is C25H33FN2O2. The van der Waals surface area contributed by atoms with Crippen LogP contribution >= 0.6 is 0 Å². The Labute approximate surface area is 179 Å². The summed E-state index contributed by atoms with van der Waals surface area (Å²) in [5, 5.41) is 0. The van der Waals surface area contributed by atoms with Crippen molar-refractivity contribution in [2.45, 2.75) is 58.5 Å². The Balaban J connectivity index is 1.77. The number of unbranched alkanes of at least 4 members (excludes halogenated alkanes) is 3. The van der Waals surface area contributed by atoms with Crippen LogP contribution < -0.4 is 4.74 Å². The summed E-state index contributed by atoms with van der Waals surface area (Å²) in [5.74, 6) is 0.440. The summed E-state index contributed by atoms with van der Waals surface area (Å²) < 4.78 is 25.2. The van der Waals surface area contributed by atoms with Gasteiger partial charge in [0.25, 0.3) is 0 Å². The molecule has 5 heteroatoms. The minimum absolute atomic E-state index is 0.208. The van der Waals surface area contributed by atoms with E-state index in [9.17, 15) is 4.39 Å². The van der Waals surface area contributed by atoms with E-state index in [2.05, 4.69) is 36.5 Å². The Hall–Kier alpha value is -2.53. The lowest BCUT2D eigenvalue weighted by molar-refractivity contribution is 0.0566. The number of halogens is 1. The van der Waals surface area contributed by atoms with Crippen LogP contribution in [-0.4, -0.2) is 29.3 Å². The largest absolute Gasteiger partial charge is 0.486 e. The summed E-state index contributed by atoms with van der Waals surface area (Å²) >= 11 is 0. The Morgan fingerprint density at radius 1 is 1.13 bits per heavy atom. The number of ether oxygens (including phenoxy) is 2. The van der Waals surface area contributed by atoms with Crippen molar-refractivity contribution in [1.29, 1.82) is 0 Å². The Bertz CT molecular complexity index is 790. The summed E-state index contributed by atoms with van der Waals surface area (Å²) in [4.78, 5) is 8.72. The van der Waals surface area contributed by atoms with Crippen LogP contribution in [0.3, 0.4) is 0 Å². The molecule has 1 aromatic carbocycles. The van der Waals surface area contributed by atoms with Crippen molar-refractivity contribution in [3.8, 4) is 16.9 Å². The molecule has 4 nitrogen and oxygen atoms in total. The van der Waals surface area contributed by atoms with Crippen molar-refractivity contribution in [2.75, 3.05) is 13.2 Å². The average molecular weight is 413 g/mol. The molecule has 1 aromatic heterocycles. The fraction of sp³-hybridized carbons (Fsp3) is 0.440. The second-order valence-electron chi connectivity index (χ2n) is 7.30. The van der Waals surface area contributed by atoms with Crippen molar-refractivity contribution in [3.05, 3.63) is 61.0 Å². The van der Waals surface area contributed by atoms with Gasteiger partial charge >= 0.3 is 0 Å². The van der Waals surface area contributed by atoms with E-state index >= 15 is 0 Å². The molecule has 0 bridgehead atoms. The number of rotatable bonds is 14. The monoisotopic (exact) mass is 412 g/mol. The minimum Gasteiger partial charge on any atom is -0.486 e. The molecule has 0 aliphatic rings. The molecule has 0 saturated heterocycles. The van der Waals surface area contributed by atoms with Crippen LogP contribution in [0.25, 0.3) is 17.2 Å². The fourth-order valence-electron chi connectivity index (χ4n) is 2.95. The quantitative estimate of drug-likeness (QED) is 0.258. The number of nitrogens with zero attached hydrogens (tertiary/aromatic N) is 2. The maximum absolute atomic E-state index is 14.1. The molecule has 0 saturated carbocycles. The van der Waals surface area contributed by atoms with Crippen molar-refractivity contribution in [2.24, 2.45) is 0 Å². The highest BCUT2D eigenvalue weighted by atomic mass is 19.1. The second-order valence-corrected chi connectivity index (χ2v) is 7.30. The van der Waals surface area contributed by atoms with E-state index in [1.165, 1.54) is 18.9 Å². The van der Waals surface area contributed by atoms with Crippen LogP contribution in [0, 0.1) is 5.82 Å². The van der Waals surface area contributed by atoms with Gasteiger partial charge in [0.1, 0.15) is 6.61 Å². The lowest BCUT2D eigenvalue weighted by Gasteiger charge is -2.11. The molecular weight excluding hydrogens is 379 g/mol. The fourth-order valence-corrected chi connectivity index (χ4v) is 2.95. The first-order valence-corrected chi connectivity index (χ1v) is 10.8. The van der Waals surface area contributed by atoms with Crippen LogP contribution in [0.4, 0.5) is 4.39 Å². The molecule has 0 aliphatic carbocycles. The second kappa shape index (κ2) is 13.6. The number of benzene rings is 1. The molecule has 0 spiro atoms. The summed E-state index contributed by atoms with van der Waals surface area (Å²) in [7, 11) is 0. The maximum atomic E-state index is 14.1. The Morgan fingerprint density at radius 3 is 2.63 bits per heavy atom. The summed E-state index contributed by atoms with van der Waals surface area (Å²) in [6.07, 6.45) is 16.0. The zero-order valence-corrected chi connectivity index (χ0v) is 18.1. The van der Waals surface area contributed by atoms with Gasteiger partial charge in [0.2, 0.25) is 0 Å². The Kier molecular flexibility index (Phi) is 10.8. The van der Waals surface area contributed by atoms with E-state index < -0.39 is 5.82 Å². The molecule has 0 amide bonds. The van der Waals surface area contributed by atoms with Gasteiger partial charge in [-0.05, 0) is 56.4 Å². The van der Waals surface area contributed by atoms with Gasteiger partial charge in [-0.3, -0.25) is 0 Å². The van der Waals surface area contributed by atoms with Crippen molar-refractivity contribution in [1.82, 2.24) is 9.97 Å². The van der Waals surface area contributed by atoms with E-state index in [-0.39, 0.29) is 12.4 Å². The normalized spacial score (nSPS) is 12.2. The molecule has 2 aromatic rings. The van der Waals surface area contributed by atoms with Crippen LogP contribution in [0.5, 0.6) is 5.75 Å². The van der Waals surface area contributed by atoms with Crippen LogP contribution in [0.2, 0.25) is 0 Å². The van der Waals surface area contributed by atoms with E-state index in [1.807, 2.05) is 6.08 Å². The summed E-state index contributed by atoms with van der Waals surface area (Å²) in [5.41, 5.74) is 1.47. The van der Waals surface area contributed by atoms with Gasteiger partial charge in [-0.2, -0.15) is 0 Å². The number of hydrogen-bond donors (Lipinski definition) is 0. The van der Waals surface area contributed by atoms with Crippen molar-refractivity contribution >= 4 is 6.08 Å². The van der Waals surface area contributed by atoms with Crippen molar-refractivity contribution in [3.63, 3.8) is 0 Å². The number of hydrogen-bond acceptors (Lipinski definition) is 4. The van der Waals surface area contributed by atoms with Gasteiger partial charge < -0.3 is 9.47 Å². The zero-order chi connectivity index (χ0) is 21.6. The molecule has 1 heterocycles. The average Bonchev–Trinajstić information content (AvgIpc) is 2.76. The van der Waals surface area contributed by atoms with Gasteiger partial charge in [-0.15, -0.1) is 0 Å². The first-order valence-electron chi connectivity index (χ1n) is 10.8. The SMILES string of the molecule is C=CCOc1ccc(-c2cnc(C=CCCCC(C)OCCCCC)nc2)cc1F.